The molecule has 3 aromatic rings. The van der Waals surface area contributed by atoms with Crippen LogP contribution in [0.4, 0.5) is 0 Å². The Balaban J connectivity index is 1.72. The molecule has 14 nitrogen and oxygen atoms in total. The SMILES string of the molecule is CCCc1c(C=NO)c(C)c2c(=O)[nH]c(-c3cc(S(=O)(=O)N4CCC(CCO[N+](=O)[O-])CC4)ccc3OCC)nn12. The number of ether oxygens (including phenoxy) is 1. The Morgan fingerprint density at radius 3 is 2.66 bits per heavy atom. The second-order valence-electron chi connectivity index (χ2n) is 9.83. The number of benzene rings is 1. The van der Waals surface area contributed by atoms with Gasteiger partial charge in [0.25, 0.3) is 10.6 Å². The molecule has 0 saturated carbocycles. The number of H-pyrrole nitrogens is 1. The number of aromatic nitrogens is 3. The Kier molecular flexibility index (Phi) is 9.28. The van der Waals surface area contributed by atoms with Crippen molar-refractivity contribution in [3.8, 4) is 17.1 Å². The summed E-state index contributed by atoms with van der Waals surface area (Å²) >= 11 is 0. The van der Waals surface area contributed by atoms with Gasteiger partial charge in [0.1, 0.15) is 11.3 Å². The Labute approximate surface area is 236 Å². The van der Waals surface area contributed by atoms with Crippen molar-refractivity contribution in [2.75, 3.05) is 26.3 Å². The van der Waals surface area contributed by atoms with Gasteiger partial charge in [0, 0.05) is 18.7 Å². The minimum absolute atomic E-state index is 0.0165. The Morgan fingerprint density at radius 2 is 2.02 bits per heavy atom. The van der Waals surface area contributed by atoms with Gasteiger partial charge in [0.2, 0.25) is 10.0 Å². The number of aryl methyl sites for hydroxylation is 2. The molecule has 4 rings (SSSR count). The number of aromatic amines is 1. The lowest BCUT2D eigenvalue weighted by Crippen LogP contribution is -2.38. The number of hydrogen-bond acceptors (Lipinski definition) is 10. The molecule has 0 spiro atoms. The van der Waals surface area contributed by atoms with E-state index in [1.165, 1.54) is 27.2 Å². The second-order valence-corrected chi connectivity index (χ2v) is 11.8. The first-order chi connectivity index (χ1) is 19.6. The highest BCUT2D eigenvalue weighted by Gasteiger charge is 2.30. The molecule has 1 fully saturated rings. The van der Waals surface area contributed by atoms with Gasteiger partial charge in [-0.1, -0.05) is 18.5 Å². The standard InChI is InChI=1S/C26H34N6O8S/c1-4-6-22-21(16-27-34)17(3)24-26(33)28-25(29-31(22)24)20-15-19(7-8-23(20)39-5-2)41(37,38)30-12-9-18(10-13-30)11-14-40-32(35)36/h7-8,15-16,18,34H,4-6,9-14H2,1-3H3,(H,28,29,33). The first-order valence-electron chi connectivity index (χ1n) is 13.5. The molecule has 15 heteroatoms. The third-order valence-corrected chi connectivity index (χ3v) is 9.19. The summed E-state index contributed by atoms with van der Waals surface area (Å²) in [5.41, 5.74) is 2.09. The summed E-state index contributed by atoms with van der Waals surface area (Å²) in [6, 6.07) is 4.47. The van der Waals surface area contributed by atoms with Gasteiger partial charge in [-0.25, -0.2) is 12.9 Å². The summed E-state index contributed by atoms with van der Waals surface area (Å²) in [5.74, 6) is 0.616. The van der Waals surface area contributed by atoms with E-state index in [4.69, 9.17) is 4.74 Å². The molecule has 222 valence electrons. The van der Waals surface area contributed by atoms with E-state index in [9.17, 15) is 28.5 Å². The van der Waals surface area contributed by atoms with Crippen LogP contribution in [0.2, 0.25) is 0 Å². The summed E-state index contributed by atoms with van der Waals surface area (Å²) in [6.45, 7) is 6.36. The van der Waals surface area contributed by atoms with Crippen LogP contribution in [0.15, 0.2) is 33.0 Å². The molecule has 0 atom stereocenters. The predicted octanol–water partition coefficient (Wildman–Crippen LogP) is 3.16. The minimum atomic E-state index is -3.89. The van der Waals surface area contributed by atoms with Crippen LogP contribution < -0.4 is 10.3 Å². The molecule has 0 bridgehead atoms. The average molecular weight is 591 g/mol. The first kappa shape index (κ1) is 30.0. The molecule has 1 saturated heterocycles. The normalized spacial score (nSPS) is 15.1. The zero-order valence-corrected chi connectivity index (χ0v) is 24.0. The second kappa shape index (κ2) is 12.7. The highest BCUT2D eigenvalue weighted by molar-refractivity contribution is 7.89. The van der Waals surface area contributed by atoms with Crippen LogP contribution in [0, 0.1) is 23.0 Å². The molecule has 1 aliphatic rings. The number of sulfonamides is 1. The van der Waals surface area contributed by atoms with Crippen LogP contribution >= 0.6 is 0 Å². The molecule has 2 N–H and O–H groups in total. The fourth-order valence-corrected chi connectivity index (χ4v) is 6.76. The van der Waals surface area contributed by atoms with E-state index < -0.39 is 20.7 Å². The van der Waals surface area contributed by atoms with Crippen LogP contribution in [0.3, 0.4) is 0 Å². The molecule has 1 aromatic carbocycles. The van der Waals surface area contributed by atoms with Crippen molar-refractivity contribution in [1.29, 1.82) is 0 Å². The minimum Gasteiger partial charge on any atom is -0.493 e. The van der Waals surface area contributed by atoms with Crippen LogP contribution in [0.25, 0.3) is 16.9 Å². The van der Waals surface area contributed by atoms with Gasteiger partial charge in [-0.2, -0.15) is 4.31 Å². The molecule has 41 heavy (non-hydrogen) atoms. The van der Waals surface area contributed by atoms with Crippen molar-refractivity contribution in [3.63, 3.8) is 0 Å². The van der Waals surface area contributed by atoms with Crippen LogP contribution in [-0.2, 0) is 21.3 Å². The Bertz CT molecular complexity index is 1610. The highest BCUT2D eigenvalue weighted by atomic mass is 32.2. The lowest BCUT2D eigenvalue weighted by Gasteiger charge is -2.31. The maximum atomic E-state index is 13.6. The molecule has 1 aliphatic heterocycles. The Morgan fingerprint density at radius 1 is 1.29 bits per heavy atom. The molecule has 3 heterocycles. The highest BCUT2D eigenvalue weighted by Crippen LogP contribution is 2.33. The third-order valence-electron chi connectivity index (χ3n) is 7.30. The van der Waals surface area contributed by atoms with Crippen LogP contribution in [-0.4, -0.2) is 70.1 Å². The van der Waals surface area contributed by atoms with Crippen molar-refractivity contribution in [2.45, 2.75) is 57.8 Å². The molecule has 0 aliphatic carbocycles. The topological polar surface area (TPSA) is 182 Å². The zero-order valence-electron chi connectivity index (χ0n) is 23.2. The van der Waals surface area contributed by atoms with Crippen molar-refractivity contribution in [2.24, 2.45) is 11.1 Å². The number of oxime groups is 1. The van der Waals surface area contributed by atoms with Crippen LogP contribution in [0.1, 0.15) is 56.4 Å². The van der Waals surface area contributed by atoms with Crippen molar-refractivity contribution >= 4 is 21.8 Å². The molecule has 0 amide bonds. The molecular weight excluding hydrogens is 556 g/mol. The fraction of sp³-hybridized carbons (Fsp3) is 0.500. The lowest BCUT2D eigenvalue weighted by atomic mass is 9.95. The van der Waals surface area contributed by atoms with Gasteiger partial charge in [-0.3, -0.25) is 4.79 Å². The smallest absolute Gasteiger partial charge is 0.294 e. The number of hydrogen-bond donors (Lipinski definition) is 2. The van der Waals surface area contributed by atoms with Gasteiger partial charge in [-0.15, -0.1) is 15.2 Å². The van der Waals surface area contributed by atoms with E-state index in [1.807, 2.05) is 6.92 Å². The van der Waals surface area contributed by atoms with Gasteiger partial charge >= 0.3 is 0 Å². The van der Waals surface area contributed by atoms with Gasteiger partial charge in [0.15, 0.2) is 5.82 Å². The predicted molar refractivity (Wildman–Crippen MR) is 150 cm³/mol. The fourth-order valence-electron chi connectivity index (χ4n) is 5.27. The van der Waals surface area contributed by atoms with Gasteiger partial charge < -0.3 is 19.8 Å². The van der Waals surface area contributed by atoms with Gasteiger partial charge in [-0.05, 0) is 69.2 Å². The summed E-state index contributed by atoms with van der Waals surface area (Å²) in [4.78, 5) is 30.9. The first-order valence-corrected chi connectivity index (χ1v) is 14.9. The summed E-state index contributed by atoms with van der Waals surface area (Å²) in [5, 5.41) is 26.6. The monoisotopic (exact) mass is 590 g/mol. The Hall–Kier alpha value is -3.98. The number of fused-ring (bicyclic) bond motifs is 1. The van der Waals surface area contributed by atoms with E-state index in [2.05, 4.69) is 20.1 Å². The summed E-state index contributed by atoms with van der Waals surface area (Å²) in [7, 11) is -3.89. The molecular formula is C26H34N6O8S. The summed E-state index contributed by atoms with van der Waals surface area (Å²) in [6.07, 6.45) is 4.19. The zero-order chi connectivity index (χ0) is 29.7. The van der Waals surface area contributed by atoms with Crippen LogP contribution in [0.5, 0.6) is 5.75 Å². The number of nitrogens with one attached hydrogen (secondary N) is 1. The summed E-state index contributed by atoms with van der Waals surface area (Å²) < 4.78 is 35.9. The van der Waals surface area contributed by atoms with E-state index in [0.717, 1.165) is 6.42 Å². The van der Waals surface area contributed by atoms with E-state index in [0.29, 0.717) is 65.9 Å². The largest absolute Gasteiger partial charge is 0.493 e. The van der Waals surface area contributed by atoms with E-state index >= 15 is 0 Å². The molecule has 2 aromatic heterocycles. The maximum absolute atomic E-state index is 13.6. The van der Waals surface area contributed by atoms with Crippen molar-refractivity contribution in [1.82, 2.24) is 18.9 Å². The quantitative estimate of drug-likeness (QED) is 0.139. The maximum Gasteiger partial charge on any atom is 0.294 e. The van der Waals surface area contributed by atoms with E-state index in [1.54, 1.807) is 19.9 Å². The average Bonchev–Trinajstić information content (AvgIpc) is 3.20. The number of rotatable bonds is 12. The molecule has 0 unspecified atom stereocenters. The number of piperidine rings is 1. The molecule has 0 radical (unpaired) electrons. The van der Waals surface area contributed by atoms with Crippen molar-refractivity contribution in [3.05, 3.63) is 55.5 Å². The van der Waals surface area contributed by atoms with E-state index in [-0.39, 0.29) is 36.3 Å². The third kappa shape index (κ3) is 6.20. The van der Waals surface area contributed by atoms with Crippen molar-refractivity contribution < 1.29 is 28.3 Å². The number of nitrogens with zero attached hydrogens (tertiary/aromatic N) is 5. The lowest BCUT2D eigenvalue weighted by molar-refractivity contribution is -0.758. The van der Waals surface area contributed by atoms with Gasteiger partial charge in [0.05, 0.1) is 35.6 Å².